The lowest BCUT2D eigenvalue weighted by Gasteiger charge is -2.23. The Bertz CT molecular complexity index is 509. The van der Waals surface area contributed by atoms with E-state index in [1.54, 1.807) is 11.3 Å². The lowest BCUT2D eigenvalue weighted by Crippen LogP contribution is -2.22. The average molecular weight is 259 g/mol. The van der Waals surface area contributed by atoms with E-state index in [2.05, 4.69) is 27.9 Å². The lowest BCUT2D eigenvalue weighted by atomic mass is 10.1. The van der Waals surface area contributed by atoms with Crippen molar-refractivity contribution in [3.05, 3.63) is 46.2 Å². The summed E-state index contributed by atoms with van der Waals surface area (Å²) in [5.41, 5.74) is 1.34. The zero-order valence-electron chi connectivity index (χ0n) is 10.5. The van der Waals surface area contributed by atoms with Crippen molar-refractivity contribution in [2.24, 2.45) is 0 Å². The number of thiazole rings is 1. The van der Waals surface area contributed by atoms with Gasteiger partial charge in [0.25, 0.3) is 0 Å². The second-order valence-corrected chi connectivity index (χ2v) is 6.10. The van der Waals surface area contributed by atoms with E-state index in [9.17, 15) is 0 Å². The van der Waals surface area contributed by atoms with E-state index in [-0.39, 0.29) is 0 Å². The molecule has 2 aromatic heterocycles. The van der Waals surface area contributed by atoms with E-state index in [0.29, 0.717) is 6.04 Å². The minimum absolute atomic E-state index is 0.517. The molecule has 1 fully saturated rings. The molecule has 0 amide bonds. The van der Waals surface area contributed by atoms with Crippen LogP contribution < -0.4 is 0 Å². The highest BCUT2D eigenvalue weighted by atomic mass is 32.1. The van der Waals surface area contributed by atoms with E-state index < -0.39 is 0 Å². The molecule has 0 aliphatic carbocycles. The Morgan fingerprint density at radius 3 is 3.11 bits per heavy atom. The molecule has 0 N–H and O–H groups in total. The van der Waals surface area contributed by atoms with Crippen LogP contribution in [0.3, 0.4) is 0 Å². The summed E-state index contributed by atoms with van der Waals surface area (Å²) in [6, 6.07) is 4.73. The molecule has 0 saturated carbocycles. The van der Waals surface area contributed by atoms with Crippen molar-refractivity contribution in [1.82, 2.24) is 14.9 Å². The summed E-state index contributed by atoms with van der Waals surface area (Å²) in [5, 5.41) is 1.23. The maximum atomic E-state index is 4.47. The van der Waals surface area contributed by atoms with Gasteiger partial charge in [0.15, 0.2) is 0 Å². The van der Waals surface area contributed by atoms with Gasteiger partial charge in [-0.3, -0.25) is 9.88 Å². The number of rotatable bonds is 3. The predicted molar refractivity (Wildman–Crippen MR) is 73.5 cm³/mol. The Labute approximate surface area is 112 Å². The quantitative estimate of drug-likeness (QED) is 0.847. The van der Waals surface area contributed by atoms with Gasteiger partial charge < -0.3 is 0 Å². The van der Waals surface area contributed by atoms with Crippen LogP contribution in [0.25, 0.3) is 0 Å². The predicted octanol–water partition coefficient (Wildman–Crippen LogP) is 3.18. The van der Waals surface area contributed by atoms with Crippen molar-refractivity contribution in [1.29, 1.82) is 0 Å². The number of nitrogens with zero attached hydrogens (tertiary/aromatic N) is 3. The Morgan fingerprint density at radius 2 is 2.39 bits per heavy atom. The number of aromatic nitrogens is 2. The summed E-state index contributed by atoms with van der Waals surface area (Å²) >= 11 is 1.80. The number of likely N-dealkylation sites (tertiary alicyclic amines) is 1. The van der Waals surface area contributed by atoms with Gasteiger partial charge in [-0.05, 0) is 37.9 Å². The van der Waals surface area contributed by atoms with Crippen molar-refractivity contribution in [3.8, 4) is 0 Å². The summed E-state index contributed by atoms with van der Waals surface area (Å²) in [5.74, 6) is 0. The zero-order chi connectivity index (χ0) is 12.4. The number of hydrogen-bond donors (Lipinski definition) is 0. The third-order valence-electron chi connectivity index (χ3n) is 3.44. The third kappa shape index (κ3) is 2.44. The van der Waals surface area contributed by atoms with Gasteiger partial charge in [0, 0.05) is 29.5 Å². The Morgan fingerprint density at radius 1 is 1.44 bits per heavy atom. The Balaban J connectivity index is 1.75. The fraction of sp³-hybridized carbons (Fsp3) is 0.429. The smallest absolute Gasteiger partial charge is 0.107 e. The maximum absolute atomic E-state index is 4.47. The average Bonchev–Trinajstić information content (AvgIpc) is 3.00. The van der Waals surface area contributed by atoms with Gasteiger partial charge in [-0.1, -0.05) is 6.07 Å². The normalized spacial score (nSPS) is 20.4. The molecule has 1 saturated heterocycles. The molecular formula is C14H17N3S. The van der Waals surface area contributed by atoms with Crippen molar-refractivity contribution in [2.75, 3.05) is 6.54 Å². The van der Waals surface area contributed by atoms with E-state index in [0.717, 1.165) is 13.1 Å². The number of hydrogen-bond acceptors (Lipinski definition) is 4. The molecule has 1 aliphatic rings. The van der Waals surface area contributed by atoms with Gasteiger partial charge in [-0.15, -0.1) is 11.3 Å². The maximum Gasteiger partial charge on any atom is 0.107 e. The highest BCUT2D eigenvalue weighted by molar-refractivity contribution is 7.11. The van der Waals surface area contributed by atoms with Gasteiger partial charge >= 0.3 is 0 Å². The fourth-order valence-electron chi connectivity index (χ4n) is 2.61. The summed E-state index contributed by atoms with van der Waals surface area (Å²) in [7, 11) is 0. The largest absolute Gasteiger partial charge is 0.290 e. The fourth-order valence-corrected chi connectivity index (χ4v) is 3.43. The van der Waals surface area contributed by atoms with Gasteiger partial charge in [0.05, 0.1) is 6.54 Å². The molecule has 0 aromatic carbocycles. The first-order valence-electron chi connectivity index (χ1n) is 6.38. The molecule has 3 heterocycles. The molecule has 18 heavy (non-hydrogen) atoms. The zero-order valence-corrected chi connectivity index (χ0v) is 11.4. The molecule has 1 atom stereocenters. The van der Waals surface area contributed by atoms with Crippen LogP contribution in [-0.2, 0) is 6.54 Å². The van der Waals surface area contributed by atoms with E-state index >= 15 is 0 Å². The topological polar surface area (TPSA) is 29.0 Å². The van der Waals surface area contributed by atoms with Crippen molar-refractivity contribution in [3.63, 3.8) is 0 Å². The molecule has 3 rings (SSSR count). The van der Waals surface area contributed by atoms with Crippen molar-refractivity contribution >= 4 is 11.3 Å². The monoisotopic (exact) mass is 259 g/mol. The van der Waals surface area contributed by atoms with Gasteiger partial charge in [-0.25, -0.2) is 4.98 Å². The standard InChI is InChI=1S/C14H17N3S/c1-11-8-16-14(18-11)10-17-7-3-5-13(17)12-4-2-6-15-9-12/h2,4,6,8-9,13H,3,5,7,10H2,1H3. The molecule has 1 aliphatic heterocycles. The molecule has 0 spiro atoms. The summed E-state index contributed by atoms with van der Waals surface area (Å²) < 4.78 is 0. The molecular weight excluding hydrogens is 242 g/mol. The molecule has 0 radical (unpaired) electrons. The number of aryl methyl sites for hydroxylation is 1. The highest BCUT2D eigenvalue weighted by Crippen LogP contribution is 2.33. The molecule has 1 unspecified atom stereocenters. The SMILES string of the molecule is Cc1cnc(CN2CCCC2c2cccnc2)s1. The first kappa shape index (κ1) is 11.8. The first-order valence-corrected chi connectivity index (χ1v) is 7.20. The van der Waals surface area contributed by atoms with Gasteiger partial charge in [-0.2, -0.15) is 0 Å². The first-order chi connectivity index (χ1) is 8.83. The number of pyridine rings is 1. The van der Waals surface area contributed by atoms with Gasteiger partial charge in [0.2, 0.25) is 0 Å². The van der Waals surface area contributed by atoms with Crippen LogP contribution in [0.5, 0.6) is 0 Å². The molecule has 0 bridgehead atoms. The highest BCUT2D eigenvalue weighted by Gasteiger charge is 2.26. The van der Waals surface area contributed by atoms with Crippen LogP contribution >= 0.6 is 11.3 Å². The summed E-state index contributed by atoms with van der Waals surface area (Å²) in [4.78, 5) is 12.5. The van der Waals surface area contributed by atoms with Crippen LogP contribution in [0.1, 0.15) is 34.3 Å². The lowest BCUT2D eigenvalue weighted by molar-refractivity contribution is 0.248. The third-order valence-corrected chi connectivity index (χ3v) is 4.34. The molecule has 4 heteroatoms. The Hall–Kier alpha value is -1.26. The van der Waals surface area contributed by atoms with Crippen LogP contribution in [0, 0.1) is 6.92 Å². The van der Waals surface area contributed by atoms with E-state index in [1.807, 2.05) is 24.7 Å². The van der Waals surface area contributed by atoms with Crippen molar-refractivity contribution in [2.45, 2.75) is 32.4 Å². The minimum atomic E-state index is 0.517. The summed E-state index contributed by atoms with van der Waals surface area (Å²) in [6.07, 6.45) is 8.30. The van der Waals surface area contributed by atoms with Crippen molar-refractivity contribution < 1.29 is 0 Å². The molecule has 3 nitrogen and oxygen atoms in total. The van der Waals surface area contributed by atoms with Crippen LogP contribution in [0.2, 0.25) is 0 Å². The van der Waals surface area contributed by atoms with E-state index in [4.69, 9.17) is 0 Å². The van der Waals surface area contributed by atoms with Crippen LogP contribution in [0.4, 0.5) is 0 Å². The van der Waals surface area contributed by atoms with Gasteiger partial charge in [0.1, 0.15) is 5.01 Å². The molecule has 94 valence electrons. The second kappa shape index (κ2) is 5.16. The Kier molecular flexibility index (Phi) is 3.39. The van der Waals surface area contributed by atoms with Crippen LogP contribution in [0.15, 0.2) is 30.7 Å². The minimum Gasteiger partial charge on any atom is -0.290 e. The van der Waals surface area contributed by atoms with E-state index in [1.165, 1.54) is 28.3 Å². The van der Waals surface area contributed by atoms with Crippen LogP contribution in [-0.4, -0.2) is 21.4 Å². The summed E-state index contributed by atoms with van der Waals surface area (Å²) in [6.45, 7) is 4.25. The second-order valence-electron chi connectivity index (χ2n) is 4.78. The molecule has 2 aromatic rings.